The van der Waals surface area contributed by atoms with Crippen molar-refractivity contribution in [2.24, 2.45) is 0 Å². The van der Waals surface area contributed by atoms with E-state index in [9.17, 15) is 39.5 Å². The van der Waals surface area contributed by atoms with Gasteiger partial charge in [-0.3, -0.25) is 4.39 Å². The van der Waals surface area contributed by atoms with Crippen molar-refractivity contribution < 1.29 is 55.9 Å². The van der Waals surface area contributed by atoms with Crippen LogP contribution in [-0.2, 0) is 28.2 Å². The van der Waals surface area contributed by atoms with Crippen LogP contribution in [0.25, 0.3) is 0 Å². The van der Waals surface area contributed by atoms with E-state index in [1.165, 1.54) is 16.3 Å². The Morgan fingerprint density at radius 3 is 1.60 bits per heavy atom. The maximum absolute atomic E-state index is 13.0. The third kappa shape index (κ3) is 2.00. The SMILES string of the molecule is Fc1[c-]c(F)c2c(c1F)C(F)(F)C(F)(F)C2(F)F.[Zn+][Br]. The first kappa shape index (κ1) is 17.7. The summed E-state index contributed by atoms with van der Waals surface area (Å²) in [6, 6.07) is 0.715. The Balaban J connectivity index is 0.000000956. The van der Waals surface area contributed by atoms with E-state index in [0.29, 0.717) is 6.07 Å². The number of fused-ring (bicyclic) bond motifs is 1. The average Bonchev–Trinajstić information content (AvgIpc) is 2.44. The Hall–Kier alpha value is -0.307. The minimum atomic E-state index is -6.06. The molecule has 0 saturated carbocycles. The number of rotatable bonds is 0. The molecule has 108 valence electrons. The molecule has 0 saturated heterocycles. The monoisotopic (exact) mass is 422 g/mol. The topological polar surface area (TPSA) is 0 Å². The molecule has 0 N–H and O–H groups in total. The van der Waals surface area contributed by atoms with Crippen molar-refractivity contribution in [2.75, 3.05) is 0 Å². The number of hydrogen-bond donors (Lipinski definition) is 0. The molecule has 11 heteroatoms. The Morgan fingerprint density at radius 2 is 1.15 bits per heavy atom. The van der Waals surface area contributed by atoms with Crippen LogP contribution in [-0.4, -0.2) is 5.92 Å². The Morgan fingerprint density at radius 1 is 0.750 bits per heavy atom. The molecule has 0 unspecified atom stereocenters. The summed E-state index contributed by atoms with van der Waals surface area (Å²) in [4.78, 5) is 0. The molecule has 0 atom stereocenters. The van der Waals surface area contributed by atoms with Crippen LogP contribution in [0.5, 0.6) is 0 Å². The molecule has 0 fully saturated rings. The molecular formula is C9BrF9Zn. The van der Waals surface area contributed by atoms with Crippen LogP contribution in [0.4, 0.5) is 39.5 Å². The van der Waals surface area contributed by atoms with Crippen molar-refractivity contribution in [3.8, 4) is 0 Å². The number of alkyl halides is 6. The van der Waals surface area contributed by atoms with Gasteiger partial charge >= 0.3 is 47.7 Å². The molecule has 1 aromatic rings. The molecule has 2 rings (SSSR count). The van der Waals surface area contributed by atoms with Crippen molar-refractivity contribution >= 4 is 13.6 Å². The van der Waals surface area contributed by atoms with Crippen molar-refractivity contribution in [2.45, 2.75) is 17.8 Å². The molecule has 0 spiro atoms. The van der Waals surface area contributed by atoms with Crippen LogP contribution in [0, 0.1) is 23.5 Å². The Labute approximate surface area is 122 Å². The number of halogens is 10. The van der Waals surface area contributed by atoms with Crippen LogP contribution in [0.2, 0.25) is 0 Å². The van der Waals surface area contributed by atoms with Gasteiger partial charge in [0.2, 0.25) is 0 Å². The molecule has 20 heavy (non-hydrogen) atoms. The van der Waals surface area contributed by atoms with Crippen LogP contribution < -0.4 is 0 Å². The van der Waals surface area contributed by atoms with Gasteiger partial charge in [0.25, 0.3) is 0 Å². The van der Waals surface area contributed by atoms with Gasteiger partial charge in [0.15, 0.2) is 0 Å². The molecule has 0 radical (unpaired) electrons. The third-order valence-corrected chi connectivity index (χ3v) is 2.52. The third-order valence-electron chi connectivity index (χ3n) is 2.52. The summed E-state index contributed by atoms with van der Waals surface area (Å²) in [7, 11) is 0. The Kier molecular flexibility index (Phi) is 4.57. The second kappa shape index (κ2) is 5.15. The first-order valence-electron chi connectivity index (χ1n) is 4.47. The summed E-state index contributed by atoms with van der Waals surface area (Å²) < 4.78 is 116. The molecule has 1 aromatic carbocycles. The van der Waals surface area contributed by atoms with Gasteiger partial charge in [-0.1, -0.05) is 0 Å². The normalized spacial score (nSPS) is 21.0. The summed E-state index contributed by atoms with van der Waals surface area (Å²) in [5, 5.41) is 0. The van der Waals surface area contributed by atoms with Gasteiger partial charge in [0.1, 0.15) is 0 Å². The minimum absolute atomic E-state index is 0.715. The van der Waals surface area contributed by atoms with Gasteiger partial charge in [-0.05, 0) is 11.1 Å². The van der Waals surface area contributed by atoms with Crippen LogP contribution in [0.15, 0.2) is 0 Å². The zero-order chi connectivity index (χ0) is 16.1. The number of hydrogen-bond acceptors (Lipinski definition) is 0. The zero-order valence-corrected chi connectivity index (χ0v) is 13.5. The molecule has 0 bridgehead atoms. The van der Waals surface area contributed by atoms with Crippen LogP contribution in [0.1, 0.15) is 11.1 Å². The van der Waals surface area contributed by atoms with E-state index in [0.717, 1.165) is 0 Å². The first-order valence-corrected chi connectivity index (χ1v) is 11.4. The molecule has 1 aliphatic rings. The van der Waals surface area contributed by atoms with E-state index in [2.05, 4.69) is 13.6 Å². The predicted molar refractivity (Wildman–Crippen MR) is 46.8 cm³/mol. The van der Waals surface area contributed by atoms with Gasteiger partial charge < -0.3 is 0 Å². The molecule has 1 aliphatic carbocycles. The van der Waals surface area contributed by atoms with Crippen molar-refractivity contribution in [1.82, 2.24) is 0 Å². The molecule has 0 aliphatic heterocycles. The van der Waals surface area contributed by atoms with E-state index in [4.69, 9.17) is 0 Å². The predicted octanol–water partition coefficient (Wildman–Crippen LogP) is 4.58. The van der Waals surface area contributed by atoms with Crippen molar-refractivity contribution in [3.05, 3.63) is 34.6 Å². The number of benzene rings is 1. The van der Waals surface area contributed by atoms with E-state index in [1.54, 1.807) is 0 Å². The van der Waals surface area contributed by atoms with Crippen LogP contribution >= 0.6 is 13.6 Å². The second-order valence-corrected chi connectivity index (χ2v) is 3.54. The fraction of sp³-hybridized carbons (Fsp3) is 0.333. The van der Waals surface area contributed by atoms with E-state index in [1.807, 2.05) is 0 Å². The molecule has 0 amide bonds. The average molecular weight is 424 g/mol. The fourth-order valence-electron chi connectivity index (χ4n) is 1.64. The quantitative estimate of drug-likeness (QED) is 0.248. The Bertz CT molecular complexity index is 543. The summed E-state index contributed by atoms with van der Waals surface area (Å²) in [5.74, 6) is -25.0. The van der Waals surface area contributed by atoms with Gasteiger partial charge in [0, 0.05) is 11.6 Å². The summed E-state index contributed by atoms with van der Waals surface area (Å²) in [6.45, 7) is 0. The molecule has 0 nitrogen and oxygen atoms in total. The molecule has 0 aromatic heterocycles. The zero-order valence-electron chi connectivity index (χ0n) is 8.99. The van der Waals surface area contributed by atoms with E-state index >= 15 is 0 Å². The van der Waals surface area contributed by atoms with E-state index in [-0.39, 0.29) is 0 Å². The first-order chi connectivity index (χ1) is 8.96. The van der Waals surface area contributed by atoms with Gasteiger partial charge in [-0.2, -0.15) is 17.6 Å². The standard InChI is InChI=1S/C9F9.BrH.Zn/c10-2-1-3(11)6(12)5-4(2)7(13,14)9(17,18)8(5,15)16;;/h;1H;/q-1;;+2/p-1. The summed E-state index contributed by atoms with van der Waals surface area (Å²) in [6.07, 6.45) is 0. The van der Waals surface area contributed by atoms with Crippen molar-refractivity contribution in [3.63, 3.8) is 0 Å². The van der Waals surface area contributed by atoms with Gasteiger partial charge in [-0.15, -0.1) is 6.07 Å². The van der Waals surface area contributed by atoms with Crippen LogP contribution in [0.3, 0.4) is 0 Å². The summed E-state index contributed by atoms with van der Waals surface area (Å²) >= 11 is 4.25. The fourth-order valence-corrected chi connectivity index (χ4v) is 1.64. The molecule has 0 heterocycles. The van der Waals surface area contributed by atoms with Crippen molar-refractivity contribution in [1.29, 1.82) is 0 Å². The van der Waals surface area contributed by atoms with Gasteiger partial charge in [0.05, 0.1) is 5.82 Å². The molecular weight excluding hydrogens is 424 g/mol. The maximum atomic E-state index is 13.0. The second-order valence-electron chi connectivity index (χ2n) is 3.54. The summed E-state index contributed by atoms with van der Waals surface area (Å²) in [5.41, 5.74) is -5.25. The van der Waals surface area contributed by atoms with Gasteiger partial charge in [-0.25, -0.2) is 17.6 Å². The van der Waals surface area contributed by atoms with E-state index < -0.39 is 46.3 Å².